The third kappa shape index (κ3) is 2.47. The number of likely N-dealkylation sites (tertiary alicyclic amines) is 1. The van der Waals surface area contributed by atoms with Crippen LogP contribution in [-0.4, -0.2) is 29.7 Å². The zero-order chi connectivity index (χ0) is 14.7. The van der Waals surface area contributed by atoms with Crippen LogP contribution in [0.5, 0.6) is 0 Å². The normalized spacial score (nSPS) is 28.4. The quantitative estimate of drug-likeness (QED) is 0.598. The molecule has 1 aliphatic carbocycles. The molecular formula is C15H20INO2S. The van der Waals surface area contributed by atoms with Crippen LogP contribution in [-0.2, 0) is 4.74 Å². The SMILES string of the molecule is CC1c2sc(I)cc2C2CN(C(=O)OC(C)(C)C)CC12. The highest BCUT2D eigenvalue weighted by Crippen LogP contribution is 2.53. The number of ether oxygens (including phenoxy) is 1. The Bertz CT molecular complexity index is 549. The van der Waals surface area contributed by atoms with Crippen LogP contribution in [0.2, 0.25) is 0 Å². The second-order valence-electron chi connectivity index (χ2n) is 6.81. The molecule has 1 aromatic heterocycles. The molecule has 1 amide bonds. The summed E-state index contributed by atoms with van der Waals surface area (Å²) in [7, 11) is 0. The Labute approximate surface area is 137 Å². The fourth-order valence-electron chi connectivity index (χ4n) is 3.37. The second kappa shape index (κ2) is 4.87. The van der Waals surface area contributed by atoms with Crippen molar-refractivity contribution in [1.82, 2.24) is 4.90 Å². The lowest BCUT2D eigenvalue weighted by molar-refractivity contribution is 0.0284. The van der Waals surface area contributed by atoms with E-state index in [1.165, 1.54) is 13.3 Å². The summed E-state index contributed by atoms with van der Waals surface area (Å²) in [5.41, 5.74) is 1.06. The molecule has 3 nitrogen and oxygen atoms in total. The van der Waals surface area contributed by atoms with Crippen molar-refractivity contribution in [3.8, 4) is 0 Å². The Balaban J connectivity index is 1.77. The van der Waals surface area contributed by atoms with Crippen LogP contribution in [0.1, 0.15) is 50.0 Å². The predicted octanol–water partition coefficient (Wildman–Crippen LogP) is 4.42. The van der Waals surface area contributed by atoms with Crippen LogP contribution < -0.4 is 0 Å². The summed E-state index contributed by atoms with van der Waals surface area (Å²) in [6.07, 6.45) is -0.162. The number of carbonyl (C=O) groups excluding carboxylic acids is 1. The number of fused-ring (bicyclic) bond motifs is 3. The molecule has 0 N–H and O–H groups in total. The highest BCUT2D eigenvalue weighted by atomic mass is 127. The molecule has 0 saturated carbocycles. The van der Waals surface area contributed by atoms with Gasteiger partial charge in [-0.05, 0) is 66.8 Å². The molecule has 3 rings (SSSR count). The molecule has 3 atom stereocenters. The lowest BCUT2D eigenvalue weighted by atomic mass is 9.92. The standard InChI is InChI=1S/C15H20INO2S/c1-8-10-6-17(14(18)19-15(2,3)4)7-11(10)9-5-12(16)20-13(8)9/h5,8,10-11H,6-7H2,1-4H3. The third-order valence-corrected chi connectivity index (χ3v) is 6.35. The van der Waals surface area contributed by atoms with Gasteiger partial charge in [-0.2, -0.15) is 0 Å². The minimum absolute atomic E-state index is 0.162. The summed E-state index contributed by atoms with van der Waals surface area (Å²) < 4.78 is 6.86. The lowest BCUT2D eigenvalue weighted by Gasteiger charge is -2.25. The van der Waals surface area contributed by atoms with Crippen LogP contribution in [0.4, 0.5) is 4.79 Å². The number of hydrogen-bond donors (Lipinski definition) is 0. The van der Waals surface area contributed by atoms with E-state index in [0.717, 1.165) is 13.1 Å². The Morgan fingerprint density at radius 1 is 1.45 bits per heavy atom. The van der Waals surface area contributed by atoms with Crippen LogP contribution in [0.15, 0.2) is 6.07 Å². The summed E-state index contributed by atoms with van der Waals surface area (Å²) in [6.45, 7) is 9.70. The molecule has 1 aromatic rings. The number of rotatable bonds is 0. The lowest BCUT2D eigenvalue weighted by Crippen LogP contribution is -2.36. The summed E-state index contributed by atoms with van der Waals surface area (Å²) in [5, 5.41) is 0. The van der Waals surface area contributed by atoms with E-state index in [2.05, 4.69) is 35.6 Å². The average Bonchev–Trinajstić information content (AvgIpc) is 2.92. The summed E-state index contributed by atoms with van der Waals surface area (Å²) >= 11 is 4.31. The number of nitrogens with zero attached hydrogens (tertiary/aromatic N) is 1. The third-order valence-electron chi connectivity index (χ3n) is 4.23. The highest BCUT2D eigenvalue weighted by molar-refractivity contribution is 14.1. The molecule has 0 aromatic carbocycles. The average molecular weight is 405 g/mol. The summed E-state index contributed by atoms with van der Waals surface area (Å²) in [6, 6.07) is 2.31. The van der Waals surface area contributed by atoms with Crippen molar-refractivity contribution in [2.75, 3.05) is 13.1 Å². The van der Waals surface area contributed by atoms with Gasteiger partial charge in [-0.25, -0.2) is 4.79 Å². The second-order valence-corrected chi connectivity index (χ2v) is 9.79. The molecule has 0 radical (unpaired) electrons. The Kier molecular flexibility index (Phi) is 3.56. The van der Waals surface area contributed by atoms with Gasteiger partial charge in [0.05, 0.1) is 2.88 Å². The molecule has 110 valence electrons. The molecule has 1 saturated heterocycles. The number of carbonyl (C=O) groups is 1. The molecule has 1 aliphatic heterocycles. The van der Waals surface area contributed by atoms with E-state index < -0.39 is 5.60 Å². The van der Waals surface area contributed by atoms with Gasteiger partial charge >= 0.3 is 6.09 Å². The first-order valence-corrected chi connectivity index (χ1v) is 8.93. The molecule has 3 unspecified atom stereocenters. The maximum absolute atomic E-state index is 12.2. The Morgan fingerprint density at radius 2 is 2.15 bits per heavy atom. The molecule has 0 spiro atoms. The number of thiophene rings is 1. The smallest absolute Gasteiger partial charge is 0.410 e. The first kappa shape index (κ1) is 14.6. The van der Waals surface area contributed by atoms with E-state index in [1.54, 1.807) is 0 Å². The van der Waals surface area contributed by atoms with Gasteiger partial charge in [-0.3, -0.25) is 0 Å². The molecule has 20 heavy (non-hydrogen) atoms. The van der Waals surface area contributed by atoms with Crippen molar-refractivity contribution in [1.29, 1.82) is 0 Å². The van der Waals surface area contributed by atoms with E-state index in [9.17, 15) is 4.79 Å². The fourth-order valence-corrected chi connectivity index (χ4v) is 5.50. The molecule has 2 heterocycles. The van der Waals surface area contributed by atoms with Crippen LogP contribution >= 0.6 is 33.9 Å². The zero-order valence-electron chi connectivity index (χ0n) is 12.3. The van der Waals surface area contributed by atoms with Crippen LogP contribution in [0, 0.1) is 8.80 Å². The van der Waals surface area contributed by atoms with Gasteiger partial charge in [-0.15, -0.1) is 11.3 Å². The number of hydrogen-bond acceptors (Lipinski definition) is 3. The van der Waals surface area contributed by atoms with Gasteiger partial charge in [0.25, 0.3) is 0 Å². The first-order chi connectivity index (χ1) is 9.26. The maximum Gasteiger partial charge on any atom is 0.410 e. The first-order valence-electron chi connectivity index (χ1n) is 7.03. The van der Waals surface area contributed by atoms with Crippen molar-refractivity contribution in [2.24, 2.45) is 5.92 Å². The van der Waals surface area contributed by atoms with E-state index in [4.69, 9.17) is 4.74 Å². The zero-order valence-corrected chi connectivity index (χ0v) is 15.2. The van der Waals surface area contributed by atoms with Gasteiger partial charge in [0.1, 0.15) is 5.60 Å². The molecule has 1 fully saturated rings. The molecule has 0 bridgehead atoms. The maximum atomic E-state index is 12.2. The van der Waals surface area contributed by atoms with E-state index >= 15 is 0 Å². The van der Waals surface area contributed by atoms with E-state index in [0.29, 0.717) is 17.8 Å². The minimum atomic E-state index is -0.413. The van der Waals surface area contributed by atoms with Crippen molar-refractivity contribution >= 4 is 40.0 Å². The van der Waals surface area contributed by atoms with Crippen LogP contribution in [0.3, 0.4) is 0 Å². The van der Waals surface area contributed by atoms with Crippen LogP contribution in [0.25, 0.3) is 0 Å². The van der Waals surface area contributed by atoms with Gasteiger partial charge < -0.3 is 9.64 Å². The topological polar surface area (TPSA) is 29.5 Å². The van der Waals surface area contributed by atoms with Gasteiger partial charge in [-0.1, -0.05) is 6.92 Å². The van der Waals surface area contributed by atoms with Gasteiger partial charge in [0.15, 0.2) is 0 Å². The fraction of sp³-hybridized carbons (Fsp3) is 0.667. The number of amides is 1. The highest BCUT2D eigenvalue weighted by Gasteiger charge is 2.47. The summed E-state index contributed by atoms with van der Waals surface area (Å²) in [4.78, 5) is 15.6. The van der Waals surface area contributed by atoms with Gasteiger partial charge in [0.2, 0.25) is 0 Å². The largest absolute Gasteiger partial charge is 0.444 e. The molecule has 2 aliphatic rings. The van der Waals surface area contributed by atoms with E-state index in [1.807, 2.05) is 37.0 Å². The Morgan fingerprint density at radius 3 is 2.80 bits per heavy atom. The predicted molar refractivity (Wildman–Crippen MR) is 89.5 cm³/mol. The molecular weight excluding hydrogens is 385 g/mol. The monoisotopic (exact) mass is 405 g/mol. The number of halogens is 1. The van der Waals surface area contributed by atoms with Crippen molar-refractivity contribution in [3.05, 3.63) is 19.4 Å². The molecule has 5 heteroatoms. The van der Waals surface area contributed by atoms with Crippen molar-refractivity contribution in [2.45, 2.75) is 45.1 Å². The van der Waals surface area contributed by atoms with Gasteiger partial charge in [0, 0.05) is 23.9 Å². The Hall–Kier alpha value is -0.300. The summed E-state index contributed by atoms with van der Waals surface area (Å²) in [5.74, 6) is 1.64. The van der Waals surface area contributed by atoms with Crippen molar-refractivity contribution in [3.63, 3.8) is 0 Å². The van der Waals surface area contributed by atoms with Crippen molar-refractivity contribution < 1.29 is 9.53 Å². The minimum Gasteiger partial charge on any atom is -0.444 e. The van der Waals surface area contributed by atoms with E-state index in [-0.39, 0.29) is 6.09 Å².